The predicted molar refractivity (Wildman–Crippen MR) is 90.8 cm³/mol. The fourth-order valence-corrected chi connectivity index (χ4v) is 2.26. The van der Waals surface area contributed by atoms with Crippen molar-refractivity contribution in [3.63, 3.8) is 0 Å². The first-order chi connectivity index (χ1) is 10.7. The number of amides is 1. The molecule has 0 aliphatic carbocycles. The Morgan fingerprint density at radius 3 is 2.30 bits per heavy atom. The lowest BCUT2D eigenvalue weighted by Crippen LogP contribution is -2.34. The zero-order chi connectivity index (χ0) is 17.5. The second-order valence-electron chi connectivity index (χ2n) is 7.01. The number of carbonyl (C=O) groups is 1. The van der Waals surface area contributed by atoms with Gasteiger partial charge in [0, 0.05) is 12.6 Å². The first kappa shape index (κ1) is 19.4. The predicted octanol–water partition coefficient (Wildman–Crippen LogP) is 4.03. The average molecular weight is 324 g/mol. The largest absolute Gasteiger partial charge is 0.444 e. The third-order valence-electron chi connectivity index (χ3n) is 3.28. The molecule has 1 unspecified atom stereocenters. The second-order valence-corrected chi connectivity index (χ2v) is 7.01. The van der Waals surface area contributed by atoms with Crippen LogP contribution in [-0.4, -0.2) is 24.8 Å². The summed E-state index contributed by atoms with van der Waals surface area (Å²) in [4.78, 5) is 11.5. The molecule has 0 aromatic heterocycles. The number of alkyl carbamates (subject to hydrolysis) is 1. The highest BCUT2D eigenvalue weighted by Crippen LogP contribution is 2.21. The third kappa shape index (κ3) is 7.98. The number of rotatable bonds is 7. The highest BCUT2D eigenvalue weighted by molar-refractivity contribution is 5.67. The molecule has 4 nitrogen and oxygen atoms in total. The van der Waals surface area contributed by atoms with Crippen LogP contribution in [0.1, 0.15) is 52.6 Å². The first-order valence-corrected chi connectivity index (χ1v) is 8.15. The molecular weight excluding hydrogens is 295 g/mol. The summed E-state index contributed by atoms with van der Waals surface area (Å²) in [5.41, 5.74) is 0.592. The van der Waals surface area contributed by atoms with Gasteiger partial charge < -0.3 is 15.4 Å². The van der Waals surface area contributed by atoms with Gasteiger partial charge in [0.15, 0.2) is 0 Å². The van der Waals surface area contributed by atoms with Gasteiger partial charge in [-0.1, -0.05) is 26.0 Å². The maximum absolute atomic E-state index is 13.0. The third-order valence-corrected chi connectivity index (χ3v) is 3.28. The standard InChI is InChI=1S/C18H29FN2O2/c1-13(2)16(14-7-9-15(19)10-8-14)20-11-6-12-21-17(22)23-18(3,4)5/h7-10,13,16,20H,6,11-12H2,1-5H3,(H,21,22). The van der Waals surface area contributed by atoms with E-state index in [0.29, 0.717) is 12.5 Å². The number of hydrogen-bond acceptors (Lipinski definition) is 3. The van der Waals surface area contributed by atoms with E-state index in [4.69, 9.17) is 4.74 Å². The van der Waals surface area contributed by atoms with Crippen molar-refractivity contribution in [1.82, 2.24) is 10.6 Å². The molecule has 0 heterocycles. The number of carbonyl (C=O) groups excluding carboxylic acids is 1. The van der Waals surface area contributed by atoms with Crippen molar-refractivity contribution in [3.8, 4) is 0 Å². The van der Waals surface area contributed by atoms with Crippen molar-refractivity contribution in [1.29, 1.82) is 0 Å². The fraction of sp³-hybridized carbons (Fsp3) is 0.611. The Balaban J connectivity index is 2.34. The van der Waals surface area contributed by atoms with Gasteiger partial charge in [-0.05, 0) is 57.4 Å². The van der Waals surface area contributed by atoms with Crippen LogP contribution in [0.3, 0.4) is 0 Å². The average Bonchev–Trinajstić information content (AvgIpc) is 2.42. The molecule has 1 aromatic carbocycles. The van der Waals surface area contributed by atoms with Crippen LogP contribution in [0.25, 0.3) is 0 Å². The normalized spacial score (nSPS) is 13.0. The van der Waals surface area contributed by atoms with E-state index in [2.05, 4.69) is 24.5 Å². The van der Waals surface area contributed by atoms with E-state index in [9.17, 15) is 9.18 Å². The Morgan fingerprint density at radius 2 is 1.78 bits per heavy atom. The molecule has 0 aliphatic heterocycles. The van der Waals surface area contributed by atoms with Crippen LogP contribution in [0.5, 0.6) is 0 Å². The molecule has 5 heteroatoms. The molecule has 130 valence electrons. The number of hydrogen-bond donors (Lipinski definition) is 2. The van der Waals surface area contributed by atoms with Crippen molar-refractivity contribution in [3.05, 3.63) is 35.6 Å². The van der Waals surface area contributed by atoms with E-state index in [1.54, 1.807) is 0 Å². The van der Waals surface area contributed by atoms with Gasteiger partial charge in [-0.15, -0.1) is 0 Å². The summed E-state index contributed by atoms with van der Waals surface area (Å²) in [7, 11) is 0. The summed E-state index contributed by atoms with van der Waals surface area (Å²) in [6.07, 6.45) is 0.403. The van der Waals surface area contributed by atoms with Crippen LogP contribution >= 0.6 is 0 Å². The van der Waals surface area contributed by atoms with E-state index in [-0.39, 0.29) is 11.9 Å². The van der Waals surface area contributed by atoms with Crippen molar-refractivity contribution in [2.24, 2.45) is 5.92 Å². The topological polar surface area (TPSA) is 50.4 Å². The van der Waals surface area contributed by atoms with E-state index >= 15 is 0 Å². The van der Waals surface area contributed by atoms with Gasteiger partial charge in [0.25, 0.3) is 0 Å². The van der Waals surface area contributed by atoms with Crippen LogP contribution in [-0.2, 0) is 4.74 Å². The van der Waals surface area contributed by atoms with E-state index in [1.165, 1.54) is 12.1 Å². The summed E-state index contributed by atoms with van der Waals surface area (Å²) in [5, 5.41) is 6.20. The number of ether oxygens (including phenoxy) is 1. The van der Waals surface area contributed by atoms with Crippen molar-refractivity contribution in [2.75, 3.05) is 13.1 Å². The summed E-state index contributed by atoms with van der Waals surface area (Å²) >= 11 is 0. The van der Waals surface area contributed by atoms with Gasteiger partial charge in [0.05, 0.1) is 0 Å². The number of benzene rings is 1. The molecule has 1 aromatic rings. The molecule has 1 amide bonds. The zero-order valence-electron chi connectivity index (χ0n) is 14.8. The molecule has 1 atom stereocenters. The van der Waals surface area contributed by atoms with Crippen LogP contribution < -0.4 is 10.6 Å². The summed E-state index contributed by atoms with van der Waals surface area (Å²) in [6.45, 7) is 11.1. The molecule has 0 saturated carbocycles. The van der Waals surface area contributed by atoms with Crippen molar-refractivity contribution in [2.45, 2.75) is 52.7 Å². The maximum Gasteiger partial charge on any atom is 0.407 e. The molecule has 0 bridgehead atoms. The lowest BCUT2D eigenvalue weighted by atomic mass is 9.96. The van der Waals surface area contributed by atoms with Gasteiger partial charge >= 0.3 is 6.09 Å². The highest BCUT2D eigenvalue weighted by Gasteiger charge is 2.16. The minimum Gasteiger partial charge on any atom is -0.444 e. The molecule has 0 aliphatic rings. The Bertz CT molecular complexity index is 481. The lowest BCUT2D eigenvalue weighted by molar-refractivity contribution is 0.0527. The summed E-state index contributed by atoms with van der Waals surface area (Å²) in [6, 6.07) is 6.75. The Kier molecular flexibility index (Phi) is 7.49. The molecular formula is C18H29FN2O2. The molecule has 1 rings (SSSR count). The number of nitrogens with one attached hydrogen (secondary N) is 2. The van der Waals surface area contributed by atoms with Gasteiger partial charge in [-0.3, -0.25) is 0 Å². The van der Waals surface area contributed by atoms with E-state index in [0.717, 1.165) is 18.5 Å². The first-order valence-electron chi connectivity index (χ1n) is 8.15. The monoisotopic (exact) mass is 324 g/mol. The molecule has 0 fully saturated rings. The molecule has 23 heavy (non-hydrogen) atoms. The smallest absolute Gasteiger partial charge is 0.407 e. The summed E-state index contributed by atoms with van der Waals surface area (Å²) in [5.74, 6) is 0.164. The quantitative estimate of drug-likeness (QED) is 0.745. The lowest BCUT2D eigenvalue weighted by Gasteiger charge is -2.23. The van der Waals surface area contributed by atoms with Gasteiger partial charge in [-0.25, -0.2) is 9.18 Å². The minimum atomic E-state index is -0.479. The fourth-order valence-electron chi connectivity index (χ4n) is 2.26. The van der Waals surface area contributed by atoms with E-state index < -0.39 is 11.7 Å². The summed E-state index contributed by atoms with van der Waals surface area (Å²) < 4.78 is 18.2. The molecule has 0 saturated heterocycles. The van der Waals surface area contributed by atoms with Crippen LogP contribution in [0.4, 0.5) is 9.18 Å². The minimum absolute atomic E-state index is 0.164. The zero-order valence-corrected chi connectivity index (χ0v) is 14.8. The van der Waals surface area contributed by atoms with Crippen molar-refractivity contribution >= 4 is 6.09 Å². The second kappa shape index (κ2) is 8.87. The Morgan fingerprint density at radius 1 is 1.17 bits per heavy atom. The van der Waals surface area contributed by atoms with Gasteiger partial charge in [-0.2, -0.15) is 0 Å². The Hall–Kier alpha value is -1.62. The van der Waals surface area contributed by atoms with E-state index in [1.807, 2.05) is 32.9 Å². The van der Waals surface area contributed by atoms with Crippen LogP contribution in [0.15, 0.2) is 24.3 Å². The van der Waals surface area contributed by atoms with Gasteiger partial charge in [0.2, 0.25) is 0 Å². The van der Waals surface area contributed by atoms with Crippen molar-refractivity contribution < 1.29 is 13.9 Å². The SMILES string of the molecule is CC(C)C(NCCCNC(=O)OC(C)(C)C)c1ccc(F)cc1. The number of halogens is 1. The van der Waals surface area contributed by atoms with Gasteiger partial charge in [0.1, 0.15) is 11.4 Å². The molecule has 0 spiro atoms. The highest BCUT2D eigenvalue weighted by atomic mass is 19.1. The molecule has 2 N–H and O–H groups in total. The molecule has 0 radical (unpaired) electrons. The Labute approximate surface area is 138 Å². The van der Waals surface area contributed by atoms with Crippen LogP contribution in [0, 0.1) is 11.7 Å². The van der Waals surface area contributed by atoms with Crippen LogP contribution in [0.2, 0.25) is 0 Å². The maximum atomic E-state index is 13.0.